The minimum absolute atomic E-state index is 0.375. The van der Waals surface area contributed by atoms with Gasteiger partial charge in [0, 0.05) is 11.2 Å². The van der Waals surface area contributed by atoms with Crippen molar-refractivity contribution in [3.8, 4) is 11.3 Å². The van der Waals surface area contributed by atoms with Gasteiger partial charge in [-0.1, -0.05) is 23.7 Å². The number of hydrogen-bond acceptors (Lipinski definition) is 2. The van der Waals surface area contributed by atoms with Crippen molar-refractivity contribution >= 4 is 17.6 Å². The second-order valence-corrected chi connectivity index (χ2v) is 3.90. The smallest absolute Gasteiger partial charge is 0.326 e. The number of benzene rings is 1. The zero-order valence-corrected chi connectivity index (χ0v) is 9.44. The number of aromatic nitrogens is 2. The highest BCUT2D eigenvalue weighted by Crippen LogP contribution is 2.19. The van der Waals surface area contributed by atoms with Crippen LogP contribution in [0.2, 0.25) is 5.02 Å². The van der Waals surface area contributed by atoms with E-state index in [1.807, 2.05) is 0 Å². The molecule has 0 unspecified atom stereocenters. The molecular formula is C11H9ClN2O3. The van der Waals surface area contributed by atoms with Crippen LogP contribution < -0.4 is 5.69 Å². The van der Waals surface area contributed by atoms with Crippen LogP contribution in [0.4, 0.5) is 0 Å². The molecule has 0 aliphatic rings. The third kappa shape index (κ3) is 2.39. The van der Waals surface area contributed by atoms with Crippen molar-refractivity contribution in [3.05, 3.63) is 46.0 Å². The van der Waals surface area contributed by atoms with Crippen LogP contribution in [-0.2, 0) is 11.3 Å². The predicted octanol–water partition coefficient (Wildman–Crippen LogP) is 1.58. The Hall–Kier alpha value is -2.01. The summed E-state index contributed by atoms with van der Waals surface area (Å²) in [5, 5.41) is 9.31. The maximum atomic E-state index is 11.4. The summed E-state index contributed by atoms with van der Waals surface area (Å²) in [7, 11) is 0. The van der Waals surface area contributed by atoms with Crippen molar-refractivity contribution in [1.29, 1.82) is 0 Å². The van der Waals surface area contributed by atoms with Crippen molar-refractivity contribution in [1.82, 2.24) is 9.55 Å². The number of carboxylic acids is 1. The minimum Gasteiger partial charge on any atom is -0.480 e. The molecule has 0 atom stereocenters. The lowest BCUT2D eigenvalue weighted by atomic mass is 10.2. The van der Waals surface area contributed by atoms with Crippen LogP contribution in [-0.4, -0.2) is 20.6 Å². The van der Waals surface area contributed by atoms with Crippen molar-refractivity contribution in [2.45, 2.75) is 6.54 Å². The second kappa shape index (κ2) is 4.47. The first-order valence-electron chi connectivity index (χ1n) is 4.84. The van der Waals surface area contributed by atoms with Crippen molar-refractivity contribution < 1.29 is 9.90 Å². The number of nitrogens with one attached hydrogen (secondary N) is 1. The number of aromatic amines is 1. The Labute approximate surface area is 101 Å². The molecule has 2 aromatic rings. The van der Waals surface area contributed by atoms with Gasteiger partial charge in [-0.05, 0) is 17.7 Å². The maximum Gasteiger partial charge on any atom is 0.326 e. The Kier molecular flexibility index (Phi) is 3.01. The van der Waals surface area contributed by atoms with E-state index in [0.717, 1.165) is 10.1 Å². The third-order valence-corrected chi connectivity index (χ3v) is 2.55. The fourth-order valence-electron chi connectivity index (χ4n) is 1.55. The molecule has 2 rings (SSSR count). The maximum absolute atomic E-state index is 11.4. The fraction of sp³-hybridized carbons (Fsp3) is 0.0909. The van der Waals surface area contributed by atoms with Crippen LogP contribution in [0.15, 0.2) is 35.3 Å². The molecule has 88 valence electrons. The summed E-state index contributed by atoms with van der Waals surface area (Å²) in [5.41, 5.74) is 0.806. The topological polar surface area (TPSA) is 75.1 Å². The standard InChI is InChI=1S/C11H9ClN2O3/c12-8-3-1-7(2-4-8)9-5-13-11(17)14(9)6-10(15)16/h1-5H,6H2,(H,13,17)(H,15,16). The average Bonchev–Trinajstić information content (AvgIpc) is 2.61. The molecule has 0 saturated carbocycles. The van der Waals surface area contributed by atoms with E-state index in [1.165, 1.54) is 6.20 Å². The first-order chi connectivity index (χ1) is 8.08. The first kappa shape index (κ1) is 11.5. The number of nitrogens with zero attached hydrogens (tertiary/aromatic N) is 1. The molecule has 2 N–H and O–H groups in total. The van der Waals surface area contributed by atoms with Crippen LogP contribution in [0.1, 0.15) is 0 Å². The molecule has 6 heteroatoms. The van der Waals surface area contributed by atoms with Gasteiger partial charge in [-0.2, -0.15) is 0 Å². The monoisotopic (exact) mass is 252 g/mol. The van der Waals surface area contributed by atoms with E-state index in [9.17, 15) is 9.59 Å². The summed E-state index contributed by atoms with van der Waals surface area (Å²) in [5.74, 6) is -1.07. The molecule has 0 aliphatic heterocycles. The van der Waals surface area contributed by atoms with Crippen LogP contribution in [0.3, 0.4) is 0 Å². The lowest BCUT2D eigenvalue weighted by molar-refractivity contribution is -0.137. The molecule has 0 bridgehead atoms. The fourth-order valence-corrected chi connectivity index (χ4v) is 1.67. The molecule has 5 nitrogen and oxygen atoms in total. The highest BCUT2D eigenvalue weighted by atomic mass is 35.5. The van der Waals surface area contributed by atoms with Gasteiger partial charge < -0.3 is 10.1 Å². The molecule has 1 heterocycles. The van der Waals surface area contributed by atoms with Gasteiger partial charge in [-0.25, -0.2) is 4.79 Å². The predicted molar refractivity (Wildman–Crippen MR) is 63.1 cm³/mol. The molecular weight excluding hydrogens is 244 g/mol. The zero-order chi connectivity index (χ0) is 12.4. The first-order valence-corrected chi connectivity index (χ1v) is 5.21. The van der Waals surface area contributed by atoms with E-state index < -0.39 is 11.7 Å². The molecule has 0 amide bonds. The van der Waals surface area contributed by atoms with Crippen LogP contribution in [0, 0.1) is 0 Å². The van der Waals surface area contributed by atoms with Gasteiger partial charge in [0.15, 0.2) is 0 Å². The molecule has 0 aliphatic carbocycles. The van der Waals surface area contributed by atoms with Gasteiger partial charge in [0.25, 0.3) is 0 Å². The summed E-state index contributed by atoms with van der Waals surface area (Å²) >= 11 is 5.76. The quantitative estimate of drug-likeness (QED) is 0.871. The molecule has 1 aromatic carbocycles. The molecule has 17 heavy (non-hydrogen) atoms. The van der Waals surface area contributed by atoms with E-state index in [2.05, 4.69) is 4.98 Å². The average molecular weight is 253 g/mol. The van der Waals surface area contributed by atoms with Crippen molar-refractivity contribution in [3.63, 3.8) is 0 Å². The highest BCUT2D eigenvalue weighted by molar-refractivity contribution is 6.30. The number of carbonyl (C=O) groups is 1. The highest BCUT2D eigenvalue weighted by Gasteiger charge is 2.11. The number of aliphatic carboxylic acids is 1. The Morgan fingerprint density at radius 2 is 2.00 bits per heavy atom. The van der Waals surface area contributed by atoms with Crippen molar-refractivity contribution in [2.24, 2.45) is 0 Å². The number of H-pyrrole nitrogens is 1. The second-order valence-electron chi connectivity index (χ2n) is 3.47. The van der Waals surface area contributed by atoms with E-state index in [1.54, 1.807) is 24.3 Å². The lowest BCUT2D eigenvalue weighted by Gasteiger charge is -2.04. The SMILES string of the molecule is O=C(O)Cn1c(-c2ccc(Cl)cc2)c[nH]c1=O. The molecule has 0 saturated heterocycles. The molecule has 0 radical (unpaired) electrons. The van der Waals surface area contributed by atoms with Gasteiger partial charge in [-0.15, -0.1) is 0 Å². The molecule has 0 fully saturated rings. The lowest BCUT2D eigenvalue weighted by Crippen LogP contribution is -2.22. The van der Waals surface area contributed by atoms with E-state index in [4.69, 9.17) is 16.7 Å². The summed E-state index contributed by atoms with van der Waals surface area (Å²) in [6.45, 7) is -0.375. The normalized spacial score (nSPS) is 10.4. The number of imidazole rings is 1. The van der Waals surface area contributed by atoms with E-state index in [0.29, 0.717) is 10.7 Å². The summed E-state index contributed by atoms with van der Waals surface area (Å²) in [6.07, 6.45) is 1.48. The van der Waals surface area contributed by atoms with Crippen LogP contribution >= 0.6 is 11.6 Å². The Balaban J connectivity index is 2.48. The molecule has 0 spiro atoms. The minimum atomic E-state index is -1.07. The summed E-state index contributed by atoms with van der Waals surface area (Å²) < 4.78 is 1.16. The Bertz CT molecular complexity index is 598. The Morgan fingerprint density at radius 1 is 1.35 bits per heavy atom. The van der Waals surface area contributed by atoms with E-state index in [-0.39, 0.29) is 6.54 Å². The number of hydrogen-bond donors (Lipinski definition) is 2. The van der Waals surface area contributed by atoms with Gasteiger partial charge >= 0.3 is 11.7 Å². The van der Waals surface area contributed by atoms with Crippen LogP contribution in [0.5, 0.6) is 0 Å². The summed E-state index contributed by atoms with van der Waals surface area (Å²) in [4.78, 5) is 24.6. The van der Waals surface area contributed by atoms with E-state index >= 15 is 0 Å². The van der Waals surface area contributed by atoms with Crippen molar-refractivity contribution in [2.75, 3.05) is 0 Å². The van der Waals surface area contributed by atoms with Gasteiger partial charge in [0.2, 0.25) is 0 Å². The summed E-state index contributed by atoms with van der Waals surface area (Å²) in [6, 6.07) is 6.81. The number of carboxylic acid groups (broad SMARTS) is 1. The number of halogens is 1. The molecule has 1 aromatic heterocycles. The Morgan fingerprint density at radius 3 is 2.59 bits per heavy atom. The van der Waals surface area contributed by atoms with Gasteiger partial charge in [0.05, 0.1) is 5.69 Å². The van der Waals surface area contributed by atoms with Gasteiger partial charge in [0.1, 0.15) is 6.54 Å². The van der Waals surface area contributed by atoms with Gasteiger partial charge in [-0.3, -0.25) is 9.36 Å². The number of rotatable bonds is 3. The largest absolute Gasteiger partial charge is 0.480 e. The van der Waals surface area contributed by atoms with Crippen LogP contribution in [0.25, 0.3) is 11.3 Å². The third-order valence-electron chi connectivity index (χ3n) is 2.30. The zero-order valence-electron chi connectivity index (χ0n) is 8.68.